The van der Waals surface area contributed by atoms with E-state index in [1.165, 1.54) is 19.4 Å². The minimum atomic E-state index is 0.247. The summed E-state index contributed by atoms with van der Waals surface area (Å²) in [5.74, 6) is 2.15. The third-order valence-corrected chi connectivity index (χ3v) is 4.17. The van der Waals surface area contributed by atoms with Crippen molar-refractivity contribution >= 4 is 0 Å². The van der Waals surface area contributed by atoms with Crippen molar-refractivity contribution in [2.45, 2.75) is 64.2 Å². The number of hydrogen-bond donors (Lipinski definition) is 1. The van der Waals surface area contributed by atoms with Gasteiger partial charge >= 0.3 is 0 Å². The smallest absolute Gasteiger partial charge is 0.168 e. The Morgan fingerprint density at radius 1 is 1.33 bits per heavy atom. The SMILES string of the molecule is CC(C)N1CCCC1c1nc2n(n1)CC(N)CC2. The quantitative estimate of drug-likeness (QED) is 0.852. The molecule has 2 aliphatic heterocycles. The normalized spacial score (nSPS) is 28.9. The van der Waals surface area contributed by atoms with Gasteiger partial charge in [0.25, 0.3) is 0 Å². The third-order valence-electron chi connectivity index (χ3n) is 4.17. The predicted molar refractivity (Wildman–Crippen MR) is 70.1 cm³/mol. The molecule has 0 saturated carbocycles. The lowest BCUT2D eigenvalue weighted by molar-refractivity contribution is 0.198. The van der Waals surface area contributed by atoms with Crippen LogP contribution in [-0.4, -0.2) is 38.3 Å². The zero-order valence-corrected chi connectivity index (χ0v) is 11.3. The average molecular weight is 249 g/mol. The molecule has 0 radical (unpaired) electrons. The fourth-order valence-corrected chi connectivity index (χ4v) is 3.18. The fraction of sp³-hybridized carbons (Fsp3) is 0.846. The van der Waals surface area contributed by atoms with Gasteiger partial charge in [0, 0.05) is 18.5 Å². The molecule has 1 aromatic heterocycles. The van der Waals surface area contributed by atoms with Crippen molar-refractivity contribution in [1.82, 2.24) is 19.7 Å². The Bertz CT molecular complexity index is 425. The largest absolute Gasteiger partial charge is 0.326 e. The lowest BCUT2D eigenvalue weighted by Gasteiger charge is -2.26. The average Bonchev–Trinajstić information content (AvgIpc) is 2.93. The second-order valence-corrected chi connectivity index (χ2v) is 5.86. The topological polar surface area (TPSA) is 60.0 Å². The number of hydrogen-bond acceptors (Lipinski definition) is 4. The van der Waals surface area contributed by atoms with Gasteiger partial charge in [0.1, 0.15) is 5.82 Å². The molecule has 2 N–H and O–H groups in total. The van der Waals surface area contributed by atoms with Gasteiger partial charge in [0.2, 0.25) is 0 Å². The molecule has 3 heterocycles. The van der Waals surface area contributed by atoms with Crippen molar-refractivity contribution in [3.8, 4) is 0 Å². The van der Waals surface area contributed by atoms with E-state index in [9.17, 15) is 0 Å². The zero-order valence-electron chi connectivity index (χ0n) is 11.3. The van der Waals surface area contributed by atoms with E-state index in [1.807, 2.05) is 4.68 Å². The van der Waals surface area contributed by atoms with Crippen molar-refractivity contribution in [2.75, 3.05) is 6.54 Å². The molecule has 0 bridgehead atoms. The molecule has 0 spiro atoms. The molecule has 2 unspecified atom stereocenters. The standard InChI is InChI=1S/C13H23N5/c1-9(2)17-7-3-4-11(17)13-15-12-6-5-10(14)8-18(12)16-13/h9-11H,3-8,14H2,1-2H3. The van der Waals surface area contributed by atoms with Crippen LogP contribution in [0.1, 0.15) is 50.8 Å². The van der Waals surface area contributed by atoms with E-state index in [2.05, 4.69) is 18.7 Å². The number of likely N-dealkylation sites (tertiary alicyclic amines) is 1. The summed E-state index contributed by atoms with van der Waals surface area (Å²) in [6.07, 6.45) is 4.46. The highest BCUT2D eigenvalue weighted by Crippen LogP contribution is 2.32. The molecule has 1 aromatic rings. The lowest BCUT2D eigenvalue weighted by Crippen LogP contribution is -2.32. The van der Waals surface area contributed by atoms with E-state index in [1.54, 1.807) is 0 Å². The Hall–Kier alpha value is -0.940. The Morgan fingerprint density at radius 3 is 2.94 bits per heavy atom. The summed E-state index contributed by atoms with van der Waals surface area (Å²) < 4.78 is 2.03. The maximum atomic E-state index is 5.99. The first-order valence-electron chi connectivity index (χ1n) is 7.10. The monoisotopic (exact) mass is 249 g/mol. The molecule has 2 aliphatic rings. The molecule has 2 atom stereocenters. The van der Waals surface area contributed by atoms with Crippen molar-refractivity contribution in [3.05, 3.63) is 11.6 Å². The number of nitrogens with zero attached hydrogens (tertiary/aromatic N) is 4. The Balaban J connectivity index is 1.84. The highest BCUT2D eigenvalue weighted by Gasteiger charge is 2.32. The Morgan fingerprint density at radius 2 is 2.17 bits per heavy atom. The number of nitrogens with two attached hydrogens (primary N) is 1. The van der Waals surface area contributed by atoms with E-state index in [0.29, 0.717) is 12.1 Å². The van der Waals surface area contributed by atoms with Gasteiger partial charge < -0.3 is 5.73 Å². The summed E-state index contributed by atoms with van der Waals surface area (Å²) in [5.41, 5.74) is 5.99. The van der Waals surface area contributed by atoms with Crippen LogP contribution < -0.4 is 5.73 Å². The molecule has 0 amide bonds. The van der Waals surface area contributed by atoms with Gasteiger partial charge in [0.15, 0.2) is 5.82 Å². The van der Waals surface area contributed by atoms with Crippen LogP contribution in [0, 0.1) is 0 Å². The first-order valence-corrected chi connectivity index (χ1v) is 7.10. The molecule has 5 heteroatoms. The van der Waals surface area contributed by atoms with Gasteiger partial charge in [-0.1, -0.05) is 0 Å². The van der Waals surface area contributed by atoms with Crippen molar-refractivity contribution < 1.29 is 0 Å². The Labute approximate surface area is 108 Å². The number of rotatable bonds is 2. The highest BCUT2D eigenvalue weighted by atomic mass is 15.4. The van der Waals surface area contributed by atoms with Crippen LogP contribution in [0.2, 0.25) is 0 Å². The summed E-state index contributed by atoms with van der Waals surface area (Å²) in [6, 6.07) is 1.23. The molecule has 0 aromatic carbocycles. The summed E-state index contributed by atoms with van der Waals surface area (Å²) in [7, 11) is 0. The van der Waals surface area contributed by atoms with Gasteiger partial charge in [-0.25, -0.2) is 9.67 Å². The maximum absolute atomic E-state index is 5.99. The maximum Gasteiger partial charge on any atom is 0.168 e. The molecule has 100 valence electrons. The van der Waals surface area contributed by atoms with Gasteiger partial charge in [0.05, 0.1) is 12.6 Å². The fourth-order valence-electron chi connectivity index (χ4n) is 3.18. The molecule has 0 aliphatic carbocycles. The Kier molecular flexibility index (Phi) is 3.11. The van der Waals surface area contributed by atoms with Crippen molar-refractivity contribution in [2.24, 2.45) is 5.73 Å². The molecule has 1 fully saturated rings. The van der Waals surface area contributed by atoms with Gasteiger partial charge in [-0.15, -0.1) is 0 Å². The summed E-state index contributed by atoms with van der Waals surface area (Å²) in [5, 5.41) is 4.70. The van der Waals surface area contributed by atoms with E-state index in [-0.39, 0.29) is 6.04 Å². The zero-order chi connectivity index (χ0) is 12.7. The van der Waals surface area contributed by atoms with E-state index in [4.69, 9.17) is 15.8 Å². The molecule has 5 nitrogen and oxygen atoms in total. The molecular weight excluding hydrogens is 226 g/mol. The van der Waals surface area contributed by atoms with Gasteiger partial charge in [-0.2, -0.15) is 5.10 Å². The minimum absolute atomic E-state index is 0.247. The minimum Gasteiger partial charge on any atom is -0.326 e. The first-order chi connectivity index (χ1) is 8.65. The predicted octanol–water partition coefficient (Wildman–Crippen LogP) is 1.10. The van der Waals surface area contributed by atoms with Crippen LogP contribution in [0.15, 0.2) is 0 Å². The van der Waals surface area contributed by atoms with Crippen LogP contribution in [0.4, 0.5) is 0 Å². The molecule has 1 saturated heterocycles. The van der Waals surface area contributed by atoms with Crippen LogP contribution in [0.25, 0.3) is 0 Å². The number of fused-ring (bicyclic) bond motifs is 1. The molecule has 18 heavy (non-hydrogen) atoms. The van der Waals surface area contributed by atoms with E-state index in [0.717, 1.165) is 31.0 Å². The van der Waals surface area contributed by atoms with Crippen LogP contribution in [0.3, 0.4) is 0 Å². The lowest BCUT2D eigenvalue weighted by atomic mass is 10.1. The van der Waals surface area contributed by atoms with Crippen molar-refractivity contribution in [1.29, 1.82) is 0 Å². The van der Waals surface area contributed by atoms with Crippen molar-refractivity contribution in [3.63, 3.8) is 0 Å². The van der Waals surface area contributed by atoms with Gasteiger partial charge in [-0.05, 0) is 39.7 Å². The summed E-state index contributed by atoms with van der Waals surface area (Å²) in [6.45, 7) is 6.51. The molecule has 3 rings (SSSR count). The second kappa shape index (κ2) is 4.63. The van der Waals surface area contributed by atoms with Crippen LogP contribution in [0.5, 0.6) is 0 Å². The highest BCUT2D eigenvalue weighted by molar-refractivity contribution is 5.04. The van der Waals surface area contributed by atoms with Crippen LogP contribution in [-0.2, 0) is 13.0 Å². The molecular formula is C13H23N5. The number of aromatic nitrogens is 3. The summed E-state index contributed by atoms with van der Waals surface area (Å²) in [4.78, 5) is 7.27. The van der Waals surface area contributed by atoms with Crippen LogP contribution >= 0.6 is 0 Å². The first kappa shape index (κ1) is 12.1. The van der Waals surface area contributed by atoms with E-state index >= 15 is 0 Å². The number of aryl methyl sites for hydroxylation is 1. The second-order valence-electron chi connectivity index (χ2n) is 5.86. The van der Waals surface area contributed by atoms with Gasteiger partial charge in [-0.3, -0.25) is 4.90 Å². The summed E-state index contributed by atoms with van der Waals surface area (Å²) >= 11 is 0. The third kappa shape index (κ3) is 2.06. The van der Waals surface area contributed by atoms with E-state index < -0.39 is 0 Å².